The molecule has 0 saturated carbocycles. The van der Waals surface area contributed by atoms with E-state index in [0.29, 0.717) is 13.0 Å². The number of esters is 1. The van der Waals surface area contributed by atoms with Gasteiger partial charge in [0.25, 0.3) is 0 Å². The average Bonchev–Trinajstić information content (AvgIpc) is 2.78. The molecule has 0 bridgehead atoms. The molecule has 108 valence electrons. The van der Waals surface area contributed by atoms with E-state index < -0.39 is 0 Å². The van der Waals surface area contributed by atoms with E-state index in [2.05, 4.69) is 28.4 Å². The van der Waals surface area contributed by atoms with Gasteiger partial charge in [-0.3, -0.25) is 9.78 Å². The summed E-state index contributed by atoms with van der Waals surface area (Å²) in [6, 6.07) is 2.16. The van der Waals surface area contributed by atoms with E-state index in [9.17, 15) is 4.79 Å². The Balaban J connectivity index is 2.56. The second kappa shape index (κ2) is 6.03. The average molecular weight is 275 g/mol. The monoisotopic (exact) mass is 275 g/mol. The van der Waals surface area contributed by atoms with Crippen molar-refractivity contribution in [3.05, 3.63) is 24.3 Å². The van der Waals surface area contributed by atoms with Gasteiger partial charge in [-0.25, -0.2) is 4.98 Å². The van der Waals surface area contributed by atoms with E-state index in [1.807, 2.05) is 19.9 Å². The van der Waals surface area contributed by atoms with Crippen molar-refractivity contribution in [1.29, 1.82) is 0 Å². The van der Waals surface area contributed by atoms with Crippen molar-refractivity contribution in [2.45, 2.75) is 46.1 Å². The maximum atomic E-state index is 12.1. The highest BCUT2D eigenvalue weighted by atomic mass is 16.5. The van der Waals surface area contributed by atoms with Crippen LogP contribution in [0.1, 0.15) is 51.9 Å². The Morgan fingerprint density at radius 3 is 2.75 bits per heavy atom. The number of imidazole rings is 1. The number of aromatic nitrogens is 3. The molecular weight excluding hydrogens is 254 g/mol. The number of carbonyl (C=O) groups is 1. The standard InChI is InChI=1S/C15H21N3O2/c1-5-11(15(19)20-6-2)14-17-12-9-16-8-7-13(12)18(14)10(3)4/h7-11H,5-6H2,1-4H3. The van der Waals surface area contributed by atoms with Gasteiger partial charge in [0.1, 0.15) is 17.3 Å². The van der Waals surface area contributed by atoms with E-state index >= 15 is 0 Å². The van der Waals surface area contributed by atoms with Crippen molar-refractivity contribution in [1.82, 2.24) is 14.5 Å². The molecule has 0 spiro atoms. The molecule has 0 aromatic carbocycles. The van der Waals surface area contributed by atoms with Crippen molar-refractivity contribution in [2.75, 3.05) is 6.61 Å². The van der Waals surface area contributed by atoms with Crippen LogP contribution in [-0.2, 0) is 9.53 Å². The summed E-state index contributed by atoms with van der Waals surface area (Å²) < 4.78 is 7.27. The molecule has 0 radical (unpaired) electrons. The minimum atomic E-state index is -0.329. The lowest BCUT2D eigenvalue weighted by atomic mass is 10.1. The van der Waals surface area contributed by atoms with Crippen molar-refractivity contribution >= 4 is 17.0 Å². The van der Waals surface area contributed by atoms with E-state index in [1.54, 1.807) is 12.4 Å². The van der Waals surface area contributed by atoms with E-state index in [4.69, 9.17) is 4.74 Å². The van der Waals surface area contributed by atoms with Crippen LogP contribution >= 0.6 is 0 Å². The first-order chi connectivity index (χ1) is 9.60. The Labute approximate surface area is 119 Å². The van der Waals surface area contributed by atoms with Crippen LogP contribution in [0.5, 0.6) is 0 Å². The third kappa shape index (κ3) is 2.53. The van der Waals surface area contributed by atoms with Crippen LogP contribution in [-0.4, -0.2) is 27.1 Å². The van der Waals surface area contributed by atoms with Crippen LogP contribution in [0.2, 0.25) is 0 Å². The number of nitrogens with zero attached hydrogens (tertiary/aromatic N) is 3. The minimum absolute atomic E-state index is 0.208. The molecule has 20 heavy (non-hydrogen) atoms. The highest BCUT2D eigenvalue weighted by Gasteiger charge is 2.27. The highest BCUT2D eigenvalue weighted by molar-refractivity contribution is 5.81. The van der Waals surface area contributed by atoms with Gasteiger partial charge in [-0.1, -0.05) is 6.92 Å². The summed E-state index contributed by atoms with van der Waals surface area (Å²) >= 11 is 0. The third-order valence-electron chi connectivity index (χ3n) is 3.33. The van der Waals surface area contributed by atoms with Gasteiger partial charge in [-0.05, 0) is 33.3 Å². The van der Waals surface area contributed by atoms with Crippen LogP contribution in [0.4, 0.5) is 0 Å². The van der Waals surface area contributed by atoms with Crippen LogP contribution in [0, 0.1) is 0 Å². The predicted molar refractivity (Wildman–Crippen MR) is 77.6 cm³/mol. The molecule has 2 aromatic heterocycles. The Hall–Kier alpha value is -1.91. The molecule has 2 rings (SSSR count). The first-order valence-electron chi connectivity index (χ1n) is 7.08. The van der Waals surface area contributed by atoms with Crippen molar-refractivity contribution in [3.8, 4) is 0 Å². The fourth-order valence-electron chi connectivity index (χ4n) is 2.46. The SMILES string of the molecule is CCOC(=O)C(CC)c1nc2cnccc2n1C(C)C. The largest absolute Gasteiger partial charge is 0.465 e. The molecule has 0 amide bonds. The lowest BCUT2D eigenvalue weighted by Crippen LogP contribution is -2.20. The van der Waals surface area contributed by atoms with E-state index in [0.717, 1.165) is 16.9 Å². The molecule has 1 unspecified atom stereocenters. The second-order valence-corrected chi connectivity index (χ2v) is 5.01. The molecule has 0 aliphatic heterocycles. The number of hydrogen-bond acceptors (Lipinski definition) is 4. The van der Waals surface area contributed by atoms with E-state index in [1.165, 1.54) is 0 Å². The molecule has 1 atom stereocenters. The summed E-state index contributed by atoms with van der Waals surface area (Å²) in [5.41, 5.74) is 1.83. The van der Waals surface area contributed by atoms with Crippen molar-refractivity contribution < 1.29 is 9.53 Å². The normalized spacial score (nSPS) is 12.8. The number of hydrogen-bond donors (Lipinski definition) is 0. The Morgan fingerprint density at radius 2 is 2.15 bits per heavy atom. The third-order valence-corrected chi connectivity index (χ3v) is 3.33. The van der Waals surface area contributed by atoms with Gasteiger partial charge in [0, 0.05) is 12.2 Å². The van der Waals surface area contributed by atoms with Gasteiger partial charge in [-0.2, -0.15) is 0 Å². The number of ether oxygens (including phenoxy) is 1. The summed E-state index contributed by atoms with van der Waals surface area (Å²) in [6.07, 6.45) is 4.15. The molecule has 0 saturated heterocycles. The van der Waals surface area contributed by atoms with Crippen LogP contribution in [0.25, 0.3) is 11.0 Å². The molecule has 0 N–H and O–H groups in total. The van der Waals surface area contributed by atoms with Gasteiger partial charge >= 0.3 is 5.97 Å². The van der Waals surface area contributed by atoms with Gasteiger partial charge in [0.2, 0.25) is 0 Å². The van der Waals surface area contributed by atoms with Crippen molar-refractivity contribution in [2.24, 2.45) is 0 Å². The summed E-state index contributed by atoms with van der Waals surface area (Å²) in [7, 11) is 0. The molecule has 2 aromatic rings. The first kappa shape index (κ1) is 14.5. The van der Waals surface area contributed by atoms with Gasteiger partial charge in [-0.15, -0.1) is 0 Å². The Kier molecular flexibility index (Phi) is 4.37. The lowest BCUT2D eigenvalue weighted by Gasteiger charge is -2.18. The molecular formula is C15H21N3O2. The van der Waals surface area contributed by atoms with Crippen LogP contribution in [0.15, 0.2) is 18.5 Å². The quantitative estimate of drug-likeness (QED) is 0.787. The van der Waals surface area contributed by atoms with Crippen LogP contribution < -0.4 is 0 Å². The number of carbonyl (C=O) groups excluding carboxylic acids is 1. The molecule has 0 aliphatic carbocycles. The summed E-state index contributed by atoms with van der Waals surface area (Å²) in [6.45, 7) is 8.36. The predicted octanol–water partition coefficient (Wildman–Crippen LogP) is 3.07. The zero-order chi connectivity index (χ0) is 14.7. The van der Waals surface area contributed by atoms with Gasteiger partial charge in [0.05, 0.1) is 18.3 Å². The second-order valence-electron chi connectivity index (χ2n) is 5.01. The number of rotatable bonds is 5. The molecule has 2 heterocycles. The smallest absolute Gasteiger partial charge is 0.316 e. The zero-order valence-electron chi connectivity index (χ0n) is 12.5. The first-order valence-corrected chi connectivity index (χ1v) is 7.08. The zero-order valence-corrected chi connectivity index (χ0v) is 12.5. The summed E-state index contributed by atoms with van der Waals surface area (Å²) in [4.78, 5) is 20.8. The number of pyridine rings is 1. The minimum Gasteiger partial charge on any atom is -0.465 e. The van der Waals surface area contributed by atoms with Gasteiger partial charge in [0.15, 0.2) is 0 Å². The summed E-state index contributed by atoms with van der Waals surface area (Å²) in [5, 5.41) is 0. The highest BCUT2D eigenvalue weighted by Crippen LogP contribution is 2.28. The Morgan fingerprint density at radius 1 is 1.40 bits per heavy atom. The maximum absolute atomic E-state index is 12.1. The van der Waals surface area contributed by atoms with Crippen LogP contribution in [0.3, 0.4) is 0 Å². The molecule has 0 fully saturated rings. The fraction of sp³-hybridized carbons (Fsp3) is 0.533. The van der Waals surface area contributed by atoms with Gasteiger partial charge < -0.3 is 9.30 Å². The topological polar surface area (TPSA) is 57.0 Å². The molecule has 5 nitrogen and oxygen atoms in total. The molecule has 5 heteroatoms. The lowest BCUT2D eigenvalue weighted by molar-refractivity contribution is -0.145. The fourth-order valence-corrected chi connectivity index (χ4v) is 2.46. The summed E-state index contributed by atoms with van der Waals surface area (Å²) in [5.74, 6) is 0.230. The van der Waals surface area contributed by atoms with E-state index in [-0.39, 0.29) is 17.9 Å². The van der Waals surface area contributed by atoms with Crippen molar-refractivity contribution in [3.63, 3.8) is 0 Å². The Bertz CT molecular complexity index is 604. The molecule has 0 aliphatic rings. The number of fused-ring (bicyclic) bond motifs is 1. The maximum Gasteiger partial charge on any atom is 0.316 e.